The summed E-state index contributed by atoms with van der Waals surface area (Å²) < 4.78 is 0. The van der Waals surface area contributed by atoms with Crippen LogP contribution in [0.2, 0.25) is 0 Å². The van der Waals surface area contributed by atoms with E-state index in [2.05, 4.69) is 49.9 Å². The second kappa shape index (κ2) is 5.41. The van der Waals surface area contributed by atoms with Gasteiger partial charge >= 0.3 is 0 Å². The maximum absolute atomic E-state index is 12.5. The third-order valence-electron chi connectivity index (χ3n) is 4.85. The van der Waals surface area contributed by atoms with E-state index in [0.717, 1.165) is 19.6 Å². The molecule has 2 fully saturated rings. The molecular weight excluding hydrogens is 238 g/mol. The molecule has 0 aromatic heterocycles. The molecule has 0 aromatic rings. The predicted molar refractivity (Wildman–Crippen MR) is 77.8 cm³/mol. The normalized spacial score (nSPS) is 32.3. The van der Waals surface area contributed by atoms with Gasteiger partial charge in [0.2, 0.25) is 5.91 Å². The van der Waals surface area contributed by atoms with E-state index in [-0.39, 0.29) is 17.6 Å². The van der Waals surface area contributed by atoms with Crippen LogP contribution in [-0.4, -0.2) is 54.6 Å². The van der Waals surface area contributed by atoms with Crippen LogP contribution in [0.4, 0.5) is 0 Å². The molecule has 0 bridgehead atoms. The average molecular weight is 267 g/mol. The summed E-state index contributed by atoms with van der Waals surface area (Å²) in [6.07, 6.45) is 2.55. The highest BCUT2D eigenvalue weighted by atomic mass is 16.2. The van der Waals surface area contributed by atoms with Crippen molar-refractivity contribution in [2.24, 2.45) is 11.3 Å². The highest BCUT2D eigenvalue weighted by molar-refractivity contribution is 5.84. The zero-order valence-corrected chi connectivity index (χ0v) is 13.1. The minimum absolute atomic E-state index is 0.00450. The van der Waals surface area contributed by atoms with Gasteiger partial charge in [-0.15, -0.1) is 0 Å². The van der Waals surface area contributed by atoms with Gasteiger partial charge in [0.05, 0.1) is 12.2 Å². The topological polar surface area (TPSA) is 35.6 Å². The van der Waals surface area contributed by atoms with Crippen LogP contribution in [0, 0.1) is 11.3 Å². The zero-order chi connectivity index (χ0) is 14.2. The minimum atomic E-state index is 0.00450. The predicted octanol–water partition coefficient (Wildman–Crippen LogP) is 1.52. The quantitative estimate of drug-likeness (QED) is 0.842. The van der Waals surface area contributed by atoms with Crippen molar-refractivity contribution < 1.29 is 4.79 Å². The molecule has 2 unspecified atom stereocenters. The number of piperidine rings is 1. The van der Waals surface area contributed by atoms with Gasteiger partial charge in [0.25, 0.3) is 0 Å². The number of rotatable bonds is 3. The van der Waals surface area contributed by atoms with Crippen LogP contribution in [0.15, 0.2) is 0 Å². The Hall–Kier alpha value is -0.610. The Morgan fingerprint density at radius 3 is 2.42 bits per heavy atom. The maximum atomic E-state index is 12.5. The van der Waals surface area contributed by atoms with Crippen molar-refractivity contribution in [1.29, 1.82) is 0 Å². The molecule has 110 valence electrons. The Bertz CT molecular complexity index is 334. The summed E-state index contributed by atoms with van der Waals surface area (Å²) in [5.74, 6) is 0.660. The fourth-order valence-corrected chi connectivity index (χ4v) is 3.21. The highest BCUT2D eigenvalue weighted by Gasteiger charge is 2.41. The van der Waals surface area contributed by atoms with E-state index in [1.165, 1.54) is 12.8 Å². The largest absolute Gasteiger partial charge is 0.326 e. The summed E-state index contributed by atoms with van der Waals surface area (Å²) >= 11 is 0. The van der Waals surface area contributed by atoms with Crippen molar-refractivity contribution in [3.63, 3.8) is 0 Å². The van der Waals surface area contributed by atoms with Crippen molar-refractivity contribution in [2.75, 3.05) is 26.7 Å². The molecule has 2 saturated heterocycles. The van der Waals surface area contributed by atoms with E-state index in [9.17, 15) is 4.79 Å². The van der Waals surface area contributed by atoms with Gasteiger partial charge in [-0.05, 0) is 51.2 Å². The standard InChI is InChI=1S/C15H29N3O/c1-11(2)13-14(19)18(12(3)16-13)10-15(4)6-8-17(5)9-7-15/h11-13,16H,6-10H2,1-5H3. The SMILES string of the molecule is CC(C)C1NC(C)N(CC2(C)CCN(C)CC2)C1=O. The van der Waals surface area contributed by atoms with Crippen LogP contribution in [0.25, 0.3) is 0 Å². The van der Waals surface area contributed by atoms with Crippen molar-refractivity contribution in [1.82, 2.24) is 15.1 Å². The lowest BCUT2D eigenvalue weighted by Gasteiger charge is -2.41. The van der Waals surface area contributed by atoms with Gasteiger partial charge in [0.1, 0.15) is 0 Å². The van der Waals surface area contributed by atoms with E-state index >= 15 is 0 Å². The second-order valence-electron chi connectivity index (χ2n) is 7.14. The van der Waals surface area contributed by atoms with Gasteiger partial charge in [-0.25, -0.2) is 0 Å². The van der Waals surface area contributed by atoms with E-state index in [0.29, 0.717) is 11.8 Å². The fourth-order valence-electron chi connectivity index (χ4n) is 3.21. The molecule has 2 atom stereocenters. The first-order valence-corrected chi connectivity index (χ1v) is 7.57. The number of carbonyl (C=O) groups excluding carboxylic acids is 1. The number of likely N-dealkylation sites (tertiary alicyclic amines) is 1. The Morgan fingerprint density at radius 1 is 1.37 bits per heavy atom. The summed E-state index contributed by atoms with van der Waals surface area (Å²) in [4.78, 5) is 16.9. The molecule has 1 amide bonds. The molecule has 0 aliphatic carbocycles. The first-order chi connectivity index (χ1) is 8.82. The highest BCUT2D eigenvalue weighted by Crippen LogP contribution is 2.33. The molecule has 0 spiro atoms. The van der Waals surface area contributed by atoms with Gasteiger partial charge < -0.3 is 9.80 Å². The van der Waals surface area contributed by atoms with Crippen LogP contribution in [0.3, 0.4) is 0 Å². The van der Waals surface area contributed by atoms with E-state index < -0.39 is 0 Å². The van der Waals surface area contributed by atoms with Crippen molar-refractivity contribution in [2.45, 2.75) is 52.7 Å². The smallest absolute Gasteiger partial charge is 0.241 e. The van der Waals surface area contributed by atoms with Gasteiger partial charge in [-0.3, -0.25) is 10.1 Å². The number of hydrogen-bond donors (Lipinski definition) is 1. The van der Waals surface area contributed by atoms with Gasteiger partial charge in [0.15, 0.2) is 0 Å². The molecule has 2 heterocycles. The molecule has 19 heavy (non-hydrogen) atoms. The van der Waals surface area contributed by atoms with Crippen molar-refractivity contribution in [3.8, 4) is 0 Å². The Morgan fingerprint density at radius 2 is 1.95 bits per heavy atom. The molecule has 0 aromatic carbocycles. The summed E-state index contributed by atoms with van der Waals surface area (Å²) in [7, 11) is 2.18. The lowest BCUT2D eigenvalue weighted by Crippen LogP contribution is -2.47. The first-order valence-electron chi connectivity index (χ1n) is 7.57. The molecule has 1 N–H and O–H groups in total. The molecule has 0 saturated carbocycles. The van der Waals surface area contributed by atoms with Gasteiger partial charge in [-0.2, -0.15) is 0 Å². The summed E-state index contributed by atoms with van der Waals surface area (Å²) in [5.41, 5.74) is 0.282. The van der Waals surface area contributed by atoms with Crippen LogP contribution in [0.1, 0.15) is 40.5 Å². The molecule has 0 radical (unpaired) electrons. The summed E-state index contributed by atoms with van der Waals surface area (Å²) in [5, 5.41) is 3.43. The number of amides is 1. The molecular formula is C15H29N3O. The lowest BCUT2D eigenvalue weighted by atomic mass is 9.80. The summed E-state index contributed by atoms with van der Waals surface area (Å²) in [6, 6.07) is 0.00450. The van der Waals surface area contributed by atoms with Crippen molar-refractivity contribution in [3.05, 3.63) is 0 Å². The third kappa shape index (κ3) is 3.11. The maximum Gasteiger partial charge on any atom is 0.241 e. The fraction of sp³-hybridized carbons (Fsp3) is 0.933. The Labute approximate surface area is 117 Å². The zero-order valence-electron chi connectivity index (χ0n) is 13.1. The van der Waals surface area contributed by atoms with Crippen molar-refractivity contribution >= 4 is 5.91 Å². The van der Waals surface area contributed by atoms with Crippen LogP contribution in [0.5, 0.6) is 0 Å². The van der Waals surface area contributed by atoms with Gasteiger partial charge in [0, 0.05) is 6.54 Å². The van der Waals surface area contributed by atoms with E-state index in [4.69, 9.17) is 0 Å². The number of nitrogens with zero attached hydrogens (tertiary/aromatic N) is 2. The molecule has 2 aliphatic heterocycles. The van der Waals surface area contributed by atoms with E-state index in [1.54, 1.807) is 0 Å². The monoisotopic (exact) mass is 267 g/mol. The molecule has 4 nitrogen and oxygen atoms in total. The number of nitrogens with one attached hydrogen (secondary N) is 1. The minimum Gasteiger partial charge on any atom is -0.326 e. The van der Waals surface area contributed by atoms with Crippen LogP contribution < -0.4 is 5.32 Å². The van der Waals surface area contributed by atoms with E-state index in [1.807, 2.05) is 0 Å². The average Bonchev–Trinajstić information content (AvgIpc) is 2.61. The molecule has 4 heteroatoms. The van der Waals surface area contributed by atoms with Crippen LogP contribution >= 0.6 is 0 Å². The summed E-state index contributed by atoms with van der Waals surface area (Å²) in [6.45, 7) is 11.9. The Kier molecular flexibility index (Phi) is 4.21. The molecule has 2 aliphatic rings. The molecule has 2 rings (SSSR count). The first kappa shape index (κ1) is 14.8. The third-order valence-corrected chi connectivity index (χ3v) is 4.85. The Balaban J connectivity index is 2.00. The van der Waals surface area contributed by atoms with Crippen LogP contribution in [-0.2, 0) is 4.79 Å². The number of carbonyl (C=O) groups is 1. The second-order valence-corrected chi connectivity index (χ2v) is 7.14. The number of hydrogen-bond acceptors (Lipinski definition) is 3. The lowest BCUT2D eigenvalue weighted by molar-refractivity contribution is -0.132. The van der Waals surface area contributed by atoms with Gasteiger partial charge in [-0.1, -0.05) is 20.8 Å².